The molecule has 0 spiro atoms. The van der Waals surface area contributed by atoms with Gasteiger partial charge in [-0.25, -0.2) is 4.98 Å². The SMILES string of the molecule is CCCn1cncc1C1C(CN)CCN1C1CC1. The summed E-state index contributed by atoms with van der Waals surface area (Å²) in [4.78, 5) is 7.04. The van der Waals surface area contributed by atoms with Crippen molar-refractivity contribution >= 4 is 0 Å². The van der Waals surface area contributed by atoms with Crippen LogP contribution in [0.4, 0.5) is 0 Å². The molecule has 18 heavy (non-hydrogen) atoms. The van der Waals surface area contributed by atoms with Crippen LogP contribution in [-0.2, 0) is 6.54 Å². The van der Waals surface area contributed by atoms with E-state index in [-0.39, 0.29) is 0 Å². The summed E-state index contributed by atoms with van der Waals surface area (Å²) in [5.41, 5.74) is 7.37. The van der Waals surface area contributed by atoms with Crippen LogP contribution in [0.5, 0.6) is 0 Å². The molecule has 1 aliphatic heterocycles. The second kappa shape index (κ2) is 5.02. The molecule has 2 fully saturated rings. The van der Waals surface area contributed by atoms with Gasteiger partial charge < -0.3 is 10.3 Å². The van der Waals surface area contributed by atoms with Crippen molar-refractivity contribution in [3.8, 4) is 0 Å². The van der Waals surface area contributed by atoms with Gasteiger partial charge in [0.2, 0.25) is 0 Å². The molecule has 1 saturated carbocycles. The molecule has 2 unspecified atom stereocenters. The standard InChI is InChI=1S/C14H24N4/c1-2-6-17-10-16-9-13(17)14-11(8-15)5-7-18(14)12-3-4-12/h9-12,14H,2-8,15H2,1H3. The fourth-order valence-corrected chi connectivity index (χ4v) is 3.36. The predicted octanol–water partition coefficient (Wildman–Crippen LogP) is 1.78. The molecule has 1 aliphatic carbocycles. The molecule has 1 saturated heterocycles. The van der Waals surface area contributed by atoms with Crippen LogP contribution in [0.25, 0.3) is 0 Å². The molecular weight excluding hydrogens is 224 g/mol. The second-order valence-corrected chi connectivity index (χ2v) is 5.71. The van der Waals surface area contributed by atoms with E-state index in [1.807, 2.05) is 6.33 Å². The Hall–Kier alpha value is -0.870. The topological polar surface area (TPSA) is 47.1 Å². The molecule has 2 heterocycles. The summed E-state index contributed by atoms with van der Waals surface area (Å²) in [6.45, 7) is 5.30. The predicted molar refractivity (Wildman–Crippen MR) is 72.1 cm³/mol. The highest BCUT2D eigenvalue weighted by molar-refractivity contribution is 5.12. The average Bonchev–Trinajstić information content (AvgIpc) is 2.98. The maximum absolute atomic E-state index is 5.98. The van der Waals surface area contributed by atoms with E-state index in [2.05, 4.69) is 27.6 Å². The van der Waals surface area contributed by atoms with Gasteiger partial charge in [-0.05, 0) is 44.7 Å². The van der Waals surface area contributed by atoms with E-state index in [1.54, 1.807) is 0 Å². The Kier molecular flexibility index (Phi) is 3.39. The zero-order valence-electron chi connectivity index (χ0n) is 11.3. The highest BCUT2D eigenvalue weighted by Crippen LogP contribution is 2.43. The van der Waals surface area contributed by atoms with Crippen LogP contribution in [-0.4, -0.2) is 33.6 Å². The van der Waals surface area contributed by atoms with Crippen LogP contribution in [0, 0.1) is 5.92 Å². The van der Waals surface area contributed by atoms with E-state index in [4.69, 9.17) is 5.73 Å². The zero-order chi connectivity index (χ0) is 12.5. The number of hydrogen-bond acceptors (Lipinski definition) is 3. The third-order valence-corrected chi connectivity index (χ3v) is 4.39. The Labute approximate surface area is 109 Å². The lowest BCUT2D eigenvalue weighted by Crippen LogP contribution is -2.31. The molecule has 2 atom stereocenters. The van der Waals surface area contributed by atoms with Crippen LogP contribution >= 0.6 is 0 Å². The lowest BCUT2D eigenvalue weighted by molar-refractivity contribution is 0.211. The molecule has 3 rings (SSSR count). The lowest BCUT2D eigenvalue weighted by atomic mass is 9.98. The Morgan fingerprint density at radius 2 is 2.22 bits per heavy atom. The van der Waals surface area contributed by atoms with Crippen molar-refractivity contribution < 1.29 is 0 Å². The highest BCUT2D eigenvalue weighted by Gasteiger charge is 2.43. The highest BCUT2D eigenvalue weighted by atomic mass is 15.3. The minimum atomic E-state index is 0.511. The summed E-state index contributed by atoms with van der Waals surface area (Å²) < 4.78 is 2.33. The molecule has 1 aromatic rings. The number of imidazole rings is 1. The summed E-state index contributed by atoms with van der Waals surface area (Å²) in [5.74, 6) is 0.609. The molecule has 2 N–H and O–H groups in total. The van der Waals surface area contributed by atoms with Crippen molar-refractivity contribution in [2.75, 3.05) is 13.1 Å². The molecule has 4 nitrogen and oxygen atoms in total. The Bertz CT molecular complexity index is 396. The van der Waals surface area contributed by atoms with E-state index in [9.17, 15) is 0 Å². The van der Waals surface area contributed by atoms with Crippen molar-refractivity contribution in [2.45, 2.75) is 51.2 Å². The summed E-state index contributed by atoms with van der Waals surface area (Å²) >= 11 is 0. The van der Waals surface area contributed by atoms with Gasteiger partial charge >= 0.3 is 0 Å². The summed E-state index contributed by atoms with van der Waals surface area (Å²) in [6, 6.07) is 1.33. The van der Waals surface area contributed by atoms with E-state index in [0.717, 1.165) is 25.6 Å². The first-order chi connectivity index (χ1) is 8.85. The number of aryl methyl sites for hydroxylation is 1. The minimum Gasteiger partial charge on any atom is -0.333 e. The van der Waals surface area contributed by atoms with Gasteiger partial charge in [0.25, 0.3) is 0 Å². The Morgan fingerprint density at radius 1 is 1.39 bits per heavy atom. The van der Waals surface area contributed by atoms with Crippen LogP contribution in [0.1, 0.15) is 44.3 Å². The van der Waals surface area contributed by atoms with Crippen molar-refractivity contribution in [3.63, 3.8) is 0 Å². The lowest BCUT2D eigenvalue weighted by Gasteiger charge is -2.28. The summed E-state index contributed by atoms with van der Waals surface area (Å²) in [5, 5.41) is 0. The van der Waals surface area contributed by atoms with Gasteiger partial charge in [-0.3, -0.25) is 4.90 Å². The van der Waals surface area contributed by atoms with E-state index < -0.39 is 0 Å². The van der Waals surface area contributed by atoms with Crippen LogP contribution in [0.3, 0.4) is 0 Å². The molecule has 100 valence electrons. The van der Waals surface area contributed by atoms with Crippen LogP contribution in [0.15, 0.2) is 12.5 Å². The average molecular weight is 248 g/mol. The fraction of sp³-hybridized carbons (Fsp3) is 0.786. The van der Waals surface area contributed by atoms with Crippen LogP contribution in [0.2, 0.25) is 0 Å². The van der Waals surface area contributed by atoms with Gasteiger partial charge in [0.1, 0.15) is 0 Å². The Morgan fingerprint density at radius 3 is 2.89 bits per heavy atom. The van der Waals surface area contributed by atoms with Crippen molar-refractivity contribution in [1.29, 1.82) is 0 Å². The maximum Gasteiger partial charge on any atom is 0.0948 e. The first-order valence-electron chi connectivity index (χ1n) is 7.31. The summed E-state index contributed by atoms with van der Waals surface area (Å²) in [7, 11) is 0. The number of aromatic nitrogens is 2. The van der Waals surface area contributed by atoms with Gasteiger partial charge in [-0.15, -0.1) is 0 Å². The van der Waals surface area contributed by atoms with E-state index in [0.29, 0.717) is 12.0 Å². The number of rotatable bonds is 5. The van der Waals surface area contributed by atoms with E-state index >= 15 is 0 Å². The molecule has 2 aliphatic rings. The van der Waals surface area contributed by atoms with Gasteiger partial charge in [0.05, 0.1) is 18.1 Å². The number of likely N-dealkylation sites (tertiary alicyclic amines) is 1. The molecule has 0 amide bonds. The van der Waals surface area contributed by atoms with Gasteiger partial charge in [0, 0.05) is 18.8 Å². The number of hydrogen-bond donors (Lipinski definition) is 1. The van der Waals surface area contributed by atoms with Gasteiger partial charge in [-0.2, -0.15) is 0 Å². The van der Waals surface area contributed by atoms with Crippen molar-refractivity contribution in [3.05, 3.63) is 18.2 Å². The molecule has 0 aromatic carbocycles. The molecular formula is C14H24N4. The Balaban J connectivity index is 1.87. The first kappa shape index (κ1) is 12.2. The quantitative estimate of drug-likeness (QED) is 0.864. The second-order valence-electron chi connectivity index (χ2n) is 5.71. The molecule has 0 bridgehead atoms. The molecule has 4 heteroatoms. The normalized spacial score (nSPS) is 29.0. The summed E-state index contributed by atoms with van der Waals surface area (Å²) in [6.07, 6.45) is 9.19. The largest absolute Gasteiger partial charge is 0.333 e. The third-order valence-electron chi connectivity index (χ3n) is 4.39. The zero-order valence-corrected chi connectivity index (χ0v) is 11.3. The fourth-order valence-electron chi connectivity index (χ4n) is 3.36. The minimum absolute atomic E-state index is 0.511. The van der Waals surface area contributed by atoms with Crippen molar-refractivity contribution in [2.24, 2.45) is 11.7 Å². The van der Waals surface area contributed by atoms with E-state index in [1.165, 1.54) is 31.5 Å². The number of nitrogens with zero attached hydrogens (tertiary/aromatic N) is 3. The van der Waals surface area contributed by atoms with Gasteiger partial charge in [-0.1, -0.05) is 6.92 Å². The smallest absolute Gasteiger partial charge is 0.0948 e. The third kappa shape index (κ3) is 2.08. The van der Waals surface area contributed by atoms with Crippen molar-refractivity contribution in [1.82, 2.24) is 14.5 Å². The first-order valence-corrected chi connectivity index (χ1v) is 7.31. The maximum atomic E-state index is 5.98. The van der Waals surface area contributed by atoms with Crippen LogP contribution < -0.4 is 5.73 Å². The molecule has 0 radical (unpaired) electrons. The monoisotopic (exact) mass is 248 g/mol. The number of nitrogens with two attached hydrogens (primary N) is 1. The van der Waals surface area contributed by atoms with Gasteiger partial charge in [0.15, 0.2) is 0 Å². The molecule has 1 aromatic heterocycles.